The Morgan fingerprint density at radius 3 is 2.83 bits per heavy atom. The second-order valence-corrected chi connectivity index (χ2v) is 5.84. The molecule has 0 saturated heterocycles. The van der Waals surface area contributed by atoms with Crippen molar-refractivity contribution in [3.05, 3.63) is 38.5 Å². The summed E-state index contributed by atoms with van der Waals surface area (Å²) in [6.07, 6.45) is 0. The average molecular weight is 330 g/mol. The van der Waals surface area contributed by atoms with Crippen molar-refractivity contribution in [1.29, 1.82) is 0 Å². The molecule has 2 N–H and O–H groups in total. The van der Waals surface area contributed by atoms with Gasteiger partial charge in [-0.05, 0) is 28.9 Å². The van der Waals surface area contributed by atoms with E-state index in [-0.39, 0.29) is 5.82 Å². The minimum Gasteiger partial charge on any atom is -0.397 e. The number of nitrogen functional groups attached to an aromatic ring is 1. The van der Waals surface area contributed by atoms with Gasteiger partial charge in [0, 0.05) is 18.0 Å². The van der Waals surface area contributed by atoms with E-state index < -0.39 is 0 Å². The maximum absolute atomic E-state index is 13.5. The highest BCUT2D eigenvalue weighted by atomic mass is 79.9. The van der Waals surface area contributed by atoms with E-state index in [0.717, 1.165) is 10.6 Å². The van der Waals surface area contributed by atoms with Gasteiger partial charge in [-0.1, -0.05) is 0 Å². The van der Waals surface area contributed by atoms with Crippen molar-refractivity contribution >= 4 is 38.6 Å². The van der Waals surface area contributed by atoms with Gasteiger partial charge in [0.05, 0.1) is 33.6 Å². The lowest BCUT2D eigenvalue weighted by Crippen LogP contribution is -2.18. The predicted octanol–water partition coefficient (Wildman–Crippen LogP) is 3.57. The fraction of sp³-hybridized carbons (Fsp3) is 0.250. The molecule has 0 aliphatic heterocycles. The third-order valence-corrected chi connectivity index (χ3v) is 4.23. The molecule has 0 radical (unpaired) electrons. The number of aryl methyl sites for hydroxylation is 1. The van der Waals surface area contributed by atoms with Gasteiger partial charge < -0.3 is 10.6 Å². The third kappa shape index (κ3) is 2.64. The van der Waals surface area contributed by atoms with Crippen LogP contribution in [0.15, 0.2) is 22.1 Å². The molecular formula is C12H13BrFN3S. The predicted molar refractivity (Wildman–Crippen MR) is 77.5 cm³/mol. The summed E-state index contributed by atoms with van der Waals surface area (Å²) in [4.78, 5) is 7.27. The number of hydrogen-bond acceptors (Lipinski definition) is 4. The van der Waals surface area contributed by atoms with Crippen LogP contribution in [0, 0.1) is 12.7 Å². The smallest absolute Gasteiger partial charge is 0.139 e. The molecule has 0 fully saturated rings. The molecule has 96 valence electrons. The highest BCUT2D eigenvalue weighted by Gasteiger charge is 2.12. The van der Waals surface area contributed by atoms with E-state index in [1.807, 2.05) is 24.4 Å². The van der Waals surface area contributed by atoms with Crippen LogP contribution in [0.5, 0.6) is 0 Å². The summed E-state index contributed by atoms with van der Waals surface area (Å²) in [6.45, 7) is 2.63. The highest BCUT2D eigenvalue weighted by Crippen LogP contribution is 2.30. The van der Waals surface area contributed by atoms with E-state index in [9.17, 15) is 4.39 Å². The average Bonchev–Trinajstić information content (AvgIpc) is 2.69. The Morgan fingerprint density at radius 2 is 2.22 bits per heavy atom. The van der Waals surface area contributed by atoms with Crippen molar-refractivity contribution < 1.29 is 4.39 Å². The largest absolute Gasteiger partial charge is 0.397 e. The van der Waals surface area contributed by atoms with Crippen molar-refractivity contribution in [3.8, 4) is 0 Å². The molecule has 0 unspecified atom stereocenters. The zero-order valence-corrected chi connectivity index (χ0v) is 12.5. The molecule has 3 nitrogen and oxygen atoms in total. The van der Waals surface area contributed by atoms with Crippen LogP contribution < -0.4 is 10.6 Å². The Bertz CT molecular complexity index is 570. The number of nitrogens with zero attached hydrogens (tertiary/aromatic N) is 2. The summed E-state index contributed by atoms with van der Waals surface area (Å²) in [5, 5.41) is 0. The van der Waals surface area contributed by atoms with Crippen LogP contribution in [0.3, 0.4) is 0 Å². The Balaban J connectivity index is 2.26. The van der Waals surface area contributed by atoms with Gasteiger partial charge in [-0.25, -0.2) is 9.37 Å². The van der Waals surface area contributed by atoms with Crippen LogP contribution in [0.4, 0.5) is 15.8 Å². The molecule has 2 rings (SSSR count). The van der Waals surface area contributed by atoms with Crippen LogP contribution >= 0.6 is 27.3 Å². The summed E-state index contributed by atoms with van der Waals surface area (Å²) in [5.74, 6) is -0.313. The summed E-state index contributed by atoms with van der Waals surface area (Å²) in [6, 6.07) is 3.02. The van der Waals surface area contributed by atoms with Crippen molar-refractivity contribution in [2.75, 3.05) is 17.7 Å². The minimum atomic E-state index is -0.313. The summed E-state index contributed by atoms with van der Waals surface area (Å²) < 4.78 is 13.9. The Kier molecular flexibility index (Phi) is 3.87. The second kappa shape index (κ2) is 5.24. The third-order valence-electron chi connectivity index (χ3n) is 2.71. The molecule has 0 atom stereocenters. The zero-order valence-electron chi connectivity index (χ0n) is 10.1. The van der Waals surface area contributed by atoms with Gasteiger partial charge in [-0.15, -0.1) is 11.3 Å². The van der Waals surface area contributed by atoms with Gasteiger partial charge in [0.25, 0.3) is 0 Å². The van der Waals surface area contributed by atoms with Crippen molar-refractivity contribution in [3.63, 3.8) is 0 Å². The quantitative estimate of drug-likeness (QED) is 0.875. The molecule has 1 aromatic carbocycles. The second-order valence-electron chi connectivity index (χ2n) is 4.04. The molecule has 1 aromatic heterocycles. The summed E-state index contributed by atoms with van der Waals surface area (Å²) in [7, 11) is 1.89. The van der Waals surface area contributed by atoms with E-state index in [1.54, 1.807) is 17.4 Å². The fourth-order valence-corrected chi connectivity index (χ4v) is 2.85. The van der Waals surface area contributed by atoms with Crippen molar-refractivity contribution in [2.24, 2.45) is 0 Å². The summed E-state index contributed by atoms with van der Waals surface area (Å²) in [5.41, 5.74) is 9.95. The number of anilines is 2. The first-order valence-corrected chi connectivity index (χ1v) is 7.01. The Labute approximate surface area is 118 Å². The molecule has 1 heterocycles. The number of rotatable bonds is 3. The highest BCUT2D eigenvalue weighted by molar-refractivity contribution is 9.10. The molecule has 18 heavy (non-hydrogen) atoms. The Morgan fingerprint density at radius 1 is 1.50 bits per heavy atom. The van der Waals surface area contributed by atoms with Crippen LogP contribution in [-0.2, 0) is 6.54 Å². The molecule has 0 bridgehead atoms. The van der Waals surface area contributed by atoms with Crippen LogP contribution in [0.1, 0.15) is 10.6 Å². The number of nitrogens with two attached hydrogens (primary N) is 1. The zero-order chi connectivity index (χ0) is 13.3. The lowest BCUT2D eigenvalue weighted by atomic mass is 10.2. The Hall–Kier alpha value is -1.14. The number of hydrogen-bond donors (Lipinski definition) is 1. The van der Waals surface area contributed by atoms with Gasteiger partial charge in [-0.3, -0.25) is 0 Å². The molecule has 0 aliphatic rings. The first kappa shape index (κ1) is 13.3. The van der Waals surface area contributed by atoms with Crippen LogP contribution in [0.25, 0.3) is 0 Å². The van der Waals surface area contributed by atoms with E-state index in [2.05, 4.69) is 20.9 Å². The number of benzene rings is 1. The monoisotopic (exact) mass is 329 g/mol. The first-order chi connectivity index (χ1) is 8.49. The maximum Gasteiger partial charge on any atom is 0.139 e. The molecule has 0 saturated carbocycles. The van der Waals surface area contributed by atoms with Gasteiger partial charge in [0.2, 0.25) is 0 Å². The minimum absolute atomic E-state index is 0.313. The van der Waals surface area contributed by atoms with E-state index in [0.29, 0.717) is 22.4 Å². The van der Waals surface area contributed by atoms with Gasteiger partial charge in [0.15, 0.2) is 0 Å². The molecule has 0 aliphatic carbocycles. The lowest BCUT2D eigenvalue weighted by molar-refractivity contribution is 0.620. The first-order valence-electron chi connectivity index (χ1n) is 5.33. The maximum atomic E-state index is 13.5. The van der Waals surface area contributed by atoms with E-state index in [4.69, 9.17) is 5.73 Å². The fourth-order valence-electron chi connectivity index (χ4n) is 1.66. The van der Waals surface area contributed by atoms with E-state index >= 15 is 0 Å². The molecule has 0 spiro atoms. The lowest BCUT2D eigenvalue weighted by Gasteiger charge is -2.21. The topological polar surface area (TPSA) is 42.2 Å². The molecule has 6 heteroatoms. The van der Waals surface area contributed by atoms with Crippen LogP contribution in [0.2, 0.25) is 0 Å². The van der Waals surface area contributed by atoms with E-state index in [1.165, 1.54) is 6.07 Å². The van der Waals surface area contributed by atoms with Crippen molar-refractivity contribution in [1.82, 2.24) is 4.98 Å². The normalized spacial score (nSPS) is 10.7. The standard InChI is InChI=1S/C12H13BrFN3S/c1-7-12(18-6-16-7)5-17(2)11-4-9(14)8(13)3-10(11)15/h3-4,6H,5,15H2,1-2H3. The number of aromatic nitrogens is 1. The van der Waals surface area contributed by atoms with Gasteiger partial charge in [0.1, 0.15) is 5.82 Å². The number of halogens is 2. The SMILES string of the molecule is Cc1ncsc1CN(C)c1cc(F)c(Br)cc1N. The van der Waals surface area contributed by atoms with Gasteiger partial charge >= 0.3 is 0 Å². The van der Waals surface area contributed by atoms with Crippen molar-refractivity contribution in [2.45, 2.75) is 13.5 Å². The van der Waals surface area contributed by atoms with Gasteiger partial charge in [-0.2, -0.15) is 0 Å². The van der Waals surface area contributed by atoms with Crippen LogP contribution in [-0.4, -0.2) is 12.0 Å². The number of thiazole rings is 1. The molecule has 2 aromatic rings. The molecule has 0 amide bonds. The molecular weight excluding hydrogens is 317 g/mol. The summed E-state index contributed by atoms with van der Waals surface area (Å²) >= 11 is 4.71.